The van der Waals surface area contributed by atoms with Crippen LogP contribution in [-0.4, -0.2) is 46.5 Å². The summed E-state index contributed by atoms with van der Waals surface area (Å²) < 4.78 is 27.3. The Morgan fingerprint density at radius 3 is 2.16 bits per heavy atom. The molecule has 1 saturated heterocycles. The maximum absolute atomic E-state index is 12.3. The van der Waals surface area contributed by atoms with E-state index >= 15 is 0 Å². The van der Waals surface area contributed by atoms with Crippen LogP contribution in [0, 0.1) is 0 Å². The number of nitrogens with one attached hydrogen (secondary N) is 1. The lowest BCUT2D eigenvalue weighted by atomic mass is 10.2. The van der Waals surface area contributed by atoms with E-state index in [-0.39, 0.29) is 5.75 Å². The van der Waals surface area contributed by atoms with Gasteiger partial charge in [0, 0.05) is 42.6 Å². The highest BCUT2D eigenvalue weighted by atomic mass is 35.5. The molecule has 2 aromatic rings. The lowest BCUT2D eigenvalue weighted by Gasteiger charge is -2.34. The number of hydrogen-bond donors (Lipinski definition) is 1. The van der Waals surface area contributed by atoms with Crippen molar-refractivity contribution >= 4 is 33.0 Å². The van der Waals surface area contributed by atoms with Gasteiger partial charge >= 0.3 is 0 Å². The van der Waals surface area contributed by atoms with Gasteiger partial charge < -0.3 is 9.80 Å². The second kappa shape index (κ2) is 7.64. The Morgan fingerprint density at radius 1 is 0.960 bits per heavy atom. The fourth-order valence-electron chi connectivity index (χ4n) is 2.82. The number of anilines is 2. The predicted molar refractivity (Wildman–Crippen MR) is 104 cm³/mol. The highest BCUT2D eigenvalue weighted by molar-refractivity contribution is 7.91. The molecule has 1 N–H and O–H groups in total. The monoisotopic (exact) mass is 379 g/mol. The molecular weight excluding hydrogens is 358 g/mol. The molecule has 1 aliphatic heterocycles. The molecule has 1 aliphatic rings. The molecule has 0 aliphatic carbocycles. The van der Waals surface area contributed by atoms with Crippen molar-refractivity contribution in [3.8, 4) is 0 Å². The second-order valence-corrected chi connectivity index (χ2v) is 8.48. The van der Waals surface area contributed by atoms with Crippen LogP contribution in [0.15, 0.2) is 48.5 Å². The van der Waals surface area contributed by atoms with Crippen molar-refractivity contribution in [1.82, 2.24) is 4.90 Å². The molecule has 25 heavy (non-hydrogen) atoms. The van der Waals surface area contributed by atoms with Crippen LogP contribution in [0.3, 0.4) is 0 Å². The SMILES string of the molecule is CN1CCN(c2ccc(NS(=O)(=O)Cc3ccc(Cl)cc3)cc2)CC1. The molecule has 2 aromatic carbocycles. The average Bonchev–Trinajstić information content (AvgIpc) is 2.58. The van der Waals surface area contributed by atoms with Gasteiger partial charge in [-0.25, -0.2) is 8.42 Å². The Bertz CT molecular complexity index is 799. The van der Waals surface area contributed by atoms with E-state index in [0.717, 1.165) is 31.9 Å². The van der Waals surface area contributed by atoms with Gasteiger partial charge in [-0.2, -0.15) is 0 Å². The molecule has 0 atom stereocenters. The molecule has 0 saturated carbocycles. The molecule has 1 heterocycles. The van der Waals surface area contributed by atoms with Gasteiger partial charge in [0.1, 0.15) is 0 Å². The summed E-state index contributed by atoms with van der Waals surface area (Å²) in [5.41, 5.74) is 2.39. The van der Waals surface area contributed by atoms with Crippen molar-refractivity contribution in [2.24, 2.45) is 0 Å². The van der Waals surface area contributed by atoms with Crippen LogP contribution in [-0.2, 0) is 15.8 Å². The van der Waals surface area contributed by atoms with Gasteiger partial charge in [-0.3, -0.25) is 4.72 Å². The zero-order chi connectivity index (χ0) is 17.9. The van der Waals surface area contributed by atoms with Crippen molar-refractivity contribution in [1.29, 1.82) is 0 Å². The minimum atomic E-state index is -3.46. The number of likely N-dealkylation sites (N-methyl/N-ethyl adjacent to an activating group) is 1. The molecule has 0 bridgehead atoms. The standard InChI is InChI=1S/C18H22ClN3O2S/c1-21-10-12-22(13-11-21)18-8-6-17(7-9-18)20-25(23,24)14-15-2-4-16(19)5-3-15/h2-9,20H,10-14H2,1H3. The van der Waals surface area contributed by atoms with E-state index in [4.69, 9.17) is 11.6 Å². The molecule has 0 amide bonds. The maximum Gasteiger partial charge on any atom is 0.236 e. The summed E-state index contributed by atoms with van der Waals surface area (Å²) in [5, 5.41) is 0.591. The Kier molecular flexibility index (Phi) is 5.51. The topological polar surface area (TPSA) is 52.6 Å². The minimum Gasteiger partial charge on any atom is -0.369 e. The minimum absolute atomic E-state index is 0.0790. The summed E-state index contributed by atoms with van der Waals surface area (Å²) in [4.78, 5) is 4.61. The van der Waals surface area contributed by atoms with E-state index < -0.39 is 10.0 Å². The van der Waals surface area contributed by atoms with E-state index in [0.29, 0.717) is 16.3 Å². The van der Waals surface area contributed by atoms with Gasteiger partial charge in [-0.1, -0.05) is 23.7 Å². The summed E-state index contributed by atoms with van der Waals surface area (Å²) in [7, 11) is -1.34. The van der Waals surface area contributed by atoms with Crippen molar-refractivity contribution in [3.63, 3.8) is 0 Å². The molecular formula is C18H22ClN3O2S. The second-order valence-electron chi connectivity index (χ2n) is 6.32. The summed E-state index contributed by atoms with van der Waals surface area (Å²) in [5.74, 6) is -0.0790. The van der Waals surface area contributed by atoms with Crippen LogP contribution < -0.4 is 9.62 Å². The third kappa shape index (κ3) is 5.11. The summed E-state index contributed by atoms with van der Waals surface area (Å²) >= 11 is 5.83. The number of rotatable bonds is 5. The quantitative estimate of drug-likeness (QED) is 0.867. The number of benzene rings is 2. The smallest absolute Gasteiger partial charge is 0.236 e. The number of piperazine rings is 1. The number of halogens is 1. The molecule has 0 spiro atoms. The lowest BCUT2D eigenvalue weighted by molar-refractivity contribution is 0.313. The van der Waals surface area contributed by atoms with Crippen LogP contribution in [0.1, 0.15) is 5.56 Å². The van der Waals surface area contributed by atoms with E-state index in [1.807, 2.05) is 24.3 Å². The molecule has 7 heteroatoms. The van der Waals surface area contributed by atoms with E-state index in [1.165, 1.54) is 0 Å². The number of hydrogen-bond acceptors (Lipinski definition) is 4. The van der Waals surface area contributed by atoms with Crippen molar-refractivity contribution in [3.05, 3.63) is 59.1 Å². The van der Waals surface area contributed by atoms with Crippen LogP contribution >= 0.6 is 11.6 Å². The molecule has 5 nitrogen and oxygen atoms in total. The highest BCUT2D eigenvalue weighted by Crippen LogP contribution is 2.21. The maximum atomic E-state index is 12.3. The van der Waals surface area contributed by atoms with Gasteiger partial charge in [-0.05, 0) is 49.0 Å². The first-order valence-corrected chi connectivity index (χ1v) is 10.2. The van der Waals surface area contributed by atoms with Crippen LogP contribution in [0.2, 0.25) is 5.02 Å². The fraction of sp³-hybridized carbons (Fsp3) is 0.333. The molecule has 1 fully saturated rings. The van der Waals surface area contributed by atoms with E-state index in [1.54, 1.807) is 24.3 Å². The Morgan fingerprint density at radius 2 is 1.56 bits per heavy atom. The van der Waals surface area contributed by atoms with Crippen LogP contribution in [0.4, 0.5) is 11.4 Å². The van der Waals surface area contributed by atoms with E-state index in [9.17, 15) is 8.42 Å². The van der Waals surface area contributed by atoms with Crippen molar-refractivity contribution in [2.45, 2.75) is 5.75 Å². The van der Waals surface area contributed by atoms with Crippen LogP contribution in [0.5, 0.6) is 0 Å². The lowest BCUT2D eigenvalue weighted by Crippen LogP contribution is -2.44. The summed E-state index contributed by atoms with van der Waals surface area (Å²) in [6.45, 7) is 4.04. The summed E-state index contributed by atoms with van der Waals surface area (Å²) in [6, 6.07) is 14.4. The Labute approximate surface area is 154 Å². The van der Waals surface area contributed by atoms with E-state index in [2.05, 4.69) is 21.6 Å². The fourth-order valence-corrected chi connectivity index (χ4v) is 4.15. The molecule has 0 unspecified atom stereocenters. The van der Waals surface area contributed by atoms with Crippen molar-refractivity contribution < 1.29 is 8.42 Å². The number of nitrogens with zero attached hydrogens (tertiary/aromatic N) is 2. The average molecular weight is 380 g/mol. The van der Waals surface area contributed by atoms with Gasteiger partial charge in [0.2, 0.25) is 10.0 Å². The third-order valence-corrected chi connectivity index (χ3v) is 5.79. The van der Waals surface area contributed by atoms with Crippen LogP contribution in [0.25, 0.3) is 0 Å². The Hall–Kier alpha value is -1.76. The van der Waals surface area contributed by atoms with Gasteiger partial charge in [0.25, 0.3) is 0 Å². The van der Waals surface area contributed by atoms with Gasteiger partial charge in [-0.15, -0.1) is 0 Å². The first-order valence-electron chi connectivity index (χ1n) is 8.20. The first kappa shape index (κ1) is 18.0. The Balaban J connectivity index is 1.63. The van der Waals surface area contributed by atoms with Gasteiger partial charge in [0.15, 0.2) is 0 Å². The zero-order valence-electron chi connectivity index (χ0n) is 14.2. The summed E-state index contributed by atoms with van der Waals surface area (Å²) in [6.07, 6.45) is 0. The normalized spacial score (nSPS) is 16.0. The number of sulfonamides is 1. The molecule has 0 aromatic heterocycles. The largest absolute Gasteiger partial charge is 0.369 e. The zero-order valence-corrected chi connectivity index (χ0v) is 15.7. The molecule has 134 valence electrons. The first-order chi connectivity index (χ1) is 11.9. The third-order valence-electron chi connectivity index (χ3n) is 4.28. The molecule has 0 radical (unpaired) electrons. The molecule has 3 rings (SSSR count). The van der Waals surface area contributed by atoms with Gasteiger partial charge in [0.05, 0.1) is 5.75 Å². The van der Waals surface area contributed by atoms with Crippen molar-refractivity contribution in [2.75, 3.05) is 42.8 Å². The highest BCUT2D eigenvalue weighted by Gasteiger charge is 2.15. The predicted octanol–water partition coefficient (Wildman–Crippen LogP) is 3.03.